The molecule has 1 aromatic heterocycles. The molecule has 1 aromatic carbocycles. The Balaban J connectivity index is 1.51. The smallest absolute Gasteiger partial charge is 0.257 e. The Labute approximate surface area is 169 Å². The number of aryl methyl sites for hydroxylation is 1. The number of hydrogen-bond acceptors (Lipinski definition) is 5. The van der Waals surface area contributed by atoms with E-state index in [2.05, 4.69) is 10.6 Å². The van der Waals surface area contributed by atoms with Crippen LogP contribution < -0.4 is 15.4 Å². The molecule has 1 unspecified atom stereocenters. The van der Waals surface area contributed by atoms with Crippen LogP contribution in [0.25, 0.3) is 0 Å². The van der Waals surface area contributed by atoms with Gasteiger partial charge >= 0.3 is 0 Å². The predicted octanol–water partition coefficient (Wildman–Crippen LogP) is 2.20. The average molecular weight is 399 g/mol. The molecule has 3 amide bonds. The summed E-state index contributed by atoms with van der Waals surface area (Å²) in [4.78, 5) is 38.9. The Morgan fingerprint density at radius 2 is 2.10 bits per heavy atom. The third-order valence-electron chi connectivity index (χ3n) is 4.90. The molecule has 0 aliphatic carbocycles. The number of anilines is 1. The van der Waals surface area contributed by atoms with Crippen molar-refractivity contribution in [3.05, 3.63) is 47.9 Å². The van der Waals surface area contributed by atoms with E-state index in [0.29, 0.717) is 36.5 Å². The molecule has 2 N–H and O–H groups in total. The fourth-order valence-electron chi connectivity index (χ4n) is 3.37. The van der Waals surface area contributed by atoms with E-state index in [1.165, 1.54) is 19.6 Å². The molecular weight excluding hydrogens is 374 g/mol. The van der Waals surface area contributed by atoms with Crippen molar-refractivity contribution in [2.75, 3.05) is 32.1 Å². The second kappa shape index (κ2) is 9.27. The van der Waals surface area contributed by atoms with Crippen molar-refractivity contribution in [3.8, 4) is 5.75 Å². The number of nitrogens with one attached hydrogen (secondary N) is 2. The second-order valence-corrected chi connectivity index (χ2v) is 7.07. The monoisotopic (exact) mass is 399 g/mol. The van der Waals surface area contributed by atoms with Crippen molar-refractivity contribution in [2.24, 2.45) is 5.92 Å². The van der Waals surface area contributed by atoms with Gasteiger partial charge in [-0.05, 0) is 43.5 Å². The molecule has 1 saturated heterocycles. The van der Waals surface area contributed by atoms with Crippen LogP contribution in [0.15, 0.2) is 41.2 Å². The number of carbonyl (C=O) groups is 3. The molecule has 1 aliphatic heterocycles. The molecule has 1 fully saturated rings. The van der Waals surface area contributed by atoms with Crippen LogP contribution in [0.2, 0.25) is 0 Å². The highest BCUT2D eigenvalue weighted by atomic mass is 16.5. The number of furan rings is 1. The Kier molecular flexibility index (Phi) is 6.54. The summed E-state index contributed by atoms with van der Waals surface area (Å²) >= 11 is 0. The lowest BCUT2D eigenvalue weighted by molar-refractivity contribution is -0.128. The van der Waals surface area contributed by atoms with E-state index in [1.54, 1.807) is 23.1 Å². The first-order valence-corrected chi connectivity index (χ1v) is 9.51. The van der Waals surface area contributed by atoms with Gasteiger partial charge in [-0.15, -0.1) is 0 Å². The van der Waals surface area contributed by atoms with Gasteiger partial charge in [0.15, 0.2) is 0 Å². The van der Waals surface area contributed by atoms with Crippen molar-refractivity contribution in [1.82, 2.24) is 10.2 Å². The fraction of sp³-hybridized carbons (Fsp3) is 0.381. The van der Waals surface area contributed by atoms with Crippen LogP contribution >= 0.6 is 0 Å². The van der Waals surface area contributed by atoms with Gasteiger partial charge in [-0.25, -0.2) is 0 Å². The number of likely N-dealkylation sites (tertiary alicyclic amines) is 1. The van der Waals surface area contributed by atoms with Gasteiger partial charge in [-0.3, -0.25) is 14.4 Å². The molecule has 0 radical (unpaired) electrons. The Morgan fingerprint density at radius 1 is 1.28 bits per heavy atom. The molecule has 2 aromatic rings. The predicted molar refractivity (Wildman–Crippen MR) is 107 cm³/mol. The van der Waals surface area contributed by atoms with Gasteiger partial charge in [-0.1, -0.05) is 6.07 Å². The standard InChI is InChI=1S/C21H25N3O5/c1-14-5-6-18(28-2)17(10-14)23-19(25)11-22-20(26)15-4-3-8-24(12-15)21(27)16-7-9-29-13-16/h5-7,9-10,13,15H,3-4,8,11-12H2,1-2H3,(H,22,26)(H,23,25). The van der Waals surface area contributed by atoms with Crippen LogP contribution in [0, 0.1) is 12.8 Å². The summed E-state index contributed by atoms with van der Waals surface area (Å²) in [7, 11) is 1.53. The van der Waals surface area contributed by atoms with E-state index in [9.17, 15) is 14.4 Å². The van der Waals surface area contributed by atoms with E-state index in [0.717, 1.165) is 12.0 Å². The van der Waals surface area contributed by atoms with Crippen LogP contribution in [-0.2, 0) is 9.59 Å². The van der Waals surface area contributed by atoms with Gasteiger partial charge < -0.3 is 24.7 Å². The van der Waals surface area contributed by atoms with Crippen molar-refractivity contribution < 1.29 is 23.5 Å². The summed E-state index contributed by atoms with van der Waals surface area (Å²) in [6.45, 7) is 2.68. The van der Waals surface area contributed by atoms with Gasteiger partial charge in [0.05, 0.1) is 37.1 Å². The number of benzene rings is 1. The molecule has 1 aliphatic rings. The summed E-state index contributed by atoms with van der Waals surface area (Å²) in [5.41, 5.74) is 2.01. The first-order valence-electron chi connectivity index (χ1n) is 9.51. The molecular formula is C21H25N3O5. The summed E-state index contributed by atoms with van der Waals surface area (Å²) in [6, 6.07) is 7.07. The van der Waals surface area contributed by atoms with E-state index in [1.807, 2.05) is 13.0 Å². The lowest BCUT2D eigenvalue weighted by Gasteiger charge is -2.31. The van der Waals surface area contributed by atoms with Crippen LogP contribution in [0.3, 0.4) is 0 Å². The maximum Gasteiger partial charge on any atom is 0.257 e. The number of ether oxygens (including phenoxy) is 1. The summed E-state index contributed by atoms with van der Waals surface area (Å²) in [6.07, 6.45) is 4.25. The molecule has 0 bridgehead atoms. The highest BCUT2D eigenvalue weighted by Crippen LogP contribution is 2.25. The van der Waals surface area contributed by atoms with Gasteiger partial charge in [0.25, 0.3) is 5.91 Å². The third kappa shape index (κ3) is 5.16. The summed E-state index contributed by atoms with van der Waals surface area (Å²) in [5.74, 6) is -0.525. The minimum Gasteiger partial charge on any atom is -0.495 e. The third-order valence-corrected chi connectivity index (χ3v) is 4.90. The van der Waals surface area contributed by atoms with Crippen molar-refractivity contribution in [1.29, 1.82) is 0 Å². The van der Waals surface area contributed by atoms with E-state index < -0.39 is 0 Å². The zero-order chi connectivity index (χ0) is 20.8. The normalized spacial score (nSPS) is 16.2. The number of nitrogens with zero attached hydrogens (tertiary/aromatic N) is 1. The molecule has 8 nitrogen and oxygen atoms in total. The molecule has 0 saturated carbocycles. The second-order valence-electron chi connectivity index (χ2n) is 7.07. The van der Waals surface area contributed by atoms with Crippen molar-refractivity contribution in [3.63, 3.8) is 0 Å². The van der Waals surface area contributed by atoms with Crippen LogP contribution in [0.4, 0.5) is 5.69 Å². The first-order chi connectivity index (χ1) is 14.0. The van der Waals surface area contributed by atoms with Crippen molar-refractivity contribution in [2.45, 2.75) is 19.8 Å². The molecule has 154 valence electrons. The molecule has 8 heteroatoms. The maximum atomic E-state index is 12.5. The molecule has 29 heavy (non-hydrogen) atoms. The van der Waals surface area contributed by atoms with Crippen LogP contribution in [0.1, 0.15) is 28.8 Å². The highest BCUT2D eigenvalue weighted by Gasteiger charge is 2.29. The quantitative estimate of drug-likeness (QED) is 0.776. The Bertz CT molecular complexity index is 878. The number of piperidine rings is 1. The Morgan fingerprint density at radius 3 is 2.83 bits per heavy atom. The summed E-state index contributed by atoms with van der Waals surface area (Å²) in [5, 5.41) is 5.42. The minimum atomic E-state index is -0.346. The van der Waals surface area contributed by atoms with E-state index in [4.69, 9.17) is 9.15 Å². The van der Waals surface area contributed by atoms with Gasteiger partial charge in [0, 0.05) is 13.1 Å². The maximum absolute atomic E-state index is 12.5. The van der Waals surface area contributed by atoms with Crippen LogP contribution in [0.5, 0.6) is 5.75 Å². The zero-order valence-electron chi connectivity index (χ0n) is 16.6. The molecule has 2 heterocycles. The average Bonchev–Trinajstić information content (AvgIpc) is 3.26. The van der Waals surface area contributed by atoms with E-state index in [-0.39, 0.29) is 30.2 Å². The highest BCUT2D eigenvalue weighted by molar-refractivity contribution is 5.96. The van der Waals surface area contributed by atoms with E-state index >= 15 is 0 Å². The van der Waals surface area contributed by atoms with Crippen LogP contribution in [-0.4, -0.2) is 49.4 Å². The van der Waals surface area contributed by atoms with Crippen molar-refractivity contribution >= 4 is 23.4 Å². The lowest BCUT2D eigenvalue weighted by Crippen LogP contribution is -2.46. The number of amides is 3. The Hall–Kier alpha value is -3.29. The lowest BCUT2D eigenvalue weighted by atomic mass is 9.96. The summed E-state index contributed by atoms with van der Waals surface area (Å²) < 4.78 is 10.2. The number of hydrogen-bond donors (Lipinski definition) is 2. The first kappa shape index (κ1) is 20.4. The number of rotatable bonds is 6. The van der Waals surface area contributed by atoms with Gasteiger partial charge in [0.2, 0.25) is 11.8 Å². The molecule has 0 spiro atoms. The number of carbonyl (C=O) groups excluding carboxylic acids is 3. The topological polar surface area (TPSA) is 101 Å². The molecule has 1 atom stereocenters. The minimum absolute atomic E-state index is 0.151. The largest absolute Gasteiger partial charge is 0.495 e. The zero-order valence-corrected chi connectivity index (χ0v) is 16.6. The molecule has 3 rings (SSSR count). The van der Waals surface area contributed by atoms with Gasteiger partial charge in [0.1, 0.15) is 12.0 Å². The number of methoxy groups -OCH3 is 1. The van der Waals surface area contributed by atoms with Gasteiger partial charge in [-0.2, -0.15) is 0 Å². The SMILES string of the molecule is COc1ccc(C)cc1NC(=O)CNC(=O)C1CCCN(C(=O)c2ccoc2)C1. The fourth-order valence-corrected chi connectivity index (χ4v) is 3.37.